The number of aromatic nitrogens is 2. The molecule has 0 atom stereocenters. The van der Waals surface area contributed by atoms with Crippen LogP contribution in [0.25, 0.3) is 5.57 Å². The van der Waals surface area contributed by atoms with Gasteiger partial charge in [-0.25, -0.2) is 0 Å². The van der Waals surface area contributed by atoms with Gasteiger partial charge in [0, 0.05) is 19.2 Å². The van der Waals surface area contributed by atoms with Crippen molar-refractivity contribution in [3.63, 3.8) is 0 Å². The summed E-state index contributed by atoms with van der Waals surface area (Å²) in [4.78, 5) is 2.10. The third-order valence-corrected chi connectivity index (χ3v) is 2.89. The molecule has 0 unspecified atom stereocenters. The van der Waals surface area contributed by atoms with Crippen molar-refractivity contribution in [2.24, 2.45) is 0 Å². The number of hydrogen-bond donors (Lipinski definition) is 0. The van der Waals surface area contributed by atoms with Gasteiger partial charge in [-0.1, -0.05) is 12.2 Å². The Kier molecular flexibility index (Phi) is 3.93. The maximum atomic E-state index is 5.59. The first-order valence-corrected chi connectivity index (χ1v) is 6.18. The number of rotatable bonds is 5. The van der Waals surface area contributed by atoms with Crippen molar-refractivity contribution in [3.05, 3.63) is 36.7 Å². The Bertz CT molecular complexity index is 450. The lowest BCUT2D eigenvalue weighted by atomic mass is 10.1. The first-order chi connectivity index (χ1) is 8.31. The van der Waals surface area contributed by atoms with Crippen molar-refractivity contribution in [2.75, 3.05) is 20.2 Å². The molecule has 0 aliphatic carbocycles. The minimum Gasteiger partial charge on any atom is -0.475 e. The van der Waals surface area contributed by atoms with Gasteiger partial charge in [-0.15, -0.1) is 11.0 Å². The lowest BCUT2D eigenvalue weighted by Gasteiger charge is -2.18. The molecule has 0 amide bonds. The minimum atomic E-state index is 0.598. The summed E-state index contributed by atoms with van der Waals surface area (Å²) in [5.74, 6) is 0.631. The van der Waals surface area contributed by atoms with Crippen LogP contribution in [0, 0.1) is 0 Å². The van der Waals surface area contributed by atoms with Gasteiger partial charge in [0.15, 0.2) is 0 Å². The van der Waals surface area contributed by atoms with E-state index in [-0.39, 0.29) is 0 Å². The Hall–Kier alpha value is -1.62. The second-order valence-electron chi connectivity index (χ2n) is 3.79. The summed E-state index contributed by atoms with van der Waals surface area (Å²) in [5.41, 5.74) is 1.99. The van der Waals surface area contributed by atoms with E-state index in [2.05, 4.69) is 26.3 Å². The number of allylic oxidation sites excluding steroid dienone is 2. The molecule has 2 rings (SSSR count). The molecule has 4 nitrogen and oxygen atoms in total. The van der Waals surface area contributed by atoms with Crippen molar-refractivity contribution in [2.45, 2.75) is 6.42 Å². The Labute approximate surface area is 105 Å². The maximum absolute atomic E-state index is 5.59. The van der Waals surface area contributed by atoms with Crippen LogP contribution >= 0.6 is 11.7 Å². The summed E-state index contributed by atoms with van der Waals surface area (Å²) in [6.45, 7) is 5.09. The smallest absolute Gasteiger partial charge is 0.253 e. The van der Waals surface area contributed by atoms with Gasteiger partial charge >= 0.3 is 0 Å². The molecule has 1 aromatic heterocycles. The van der Waals surface area contributed by atoms with E-state index in [0.717, 1.165) is 24.2 Å². The van der Waals surface area contributed by atoms with Crippen LogP contribution in [0.1, 0.15) is 12.1 Å². The number of ether oxygens (including phenoxy) is 1. The van der Waals surface area contributed by atoms with Gasteiger partial charge in [-0.3, -0.25) is 0 Å². The minimum absolute atomic E-state index is 0.598. The van der Waals surface area contributed by atoms with Crippen molar-refractivity contribution >= 4 is 17.3 Å². The van der Waals surface area contributed by atoms with E-state index in [1.165, 1.54) is 11.7 Å². The maximum Gasteiger partial charge on any atom is 0.253 e. The number of likely N-dealkylation sites (N-methyl/N-ethyl adjacent to an activating group) is 1. The summed E-state index contributed by atoms with van der Waals surface area (Å²) in [7, 11) is 2.03. The van der Waals surface area contributed by atoms with Crippen LogP contribution in [0.4, 0.5) is 0 Å². The van der Waals surface area contributed by atoms with Gasteiger partial charge < -0.3 is 9.64 Å². The molecular formula is C12H15N3OS. The van der Waals surface area contributed by atoms with Crippen LogP contribution in [-0.4, -0.2) is 33.8 Å². The first-order valence-electron chi connectivity index (χ1n) is 5.45. The largest absolute Gasteiger partial charge is 0.475 e. The van der Waals surface area contributed by atoms with E-state index in [4.69, 9.17) is 4.74 Å². The highest BCUT2D eigenvalue weighted by Crippen LogP contribution is 2.26. The molecule has 0 saturated carbocycles. The molecule has 0 aromatic carbocycles. The molecule has 1 aliphatic heterocycles. The Morgan fingerprint density at radius 1 is 1.59 bits per heavy atom. The van der Waals surface area contributed by atoms with Gasteiger partial charge in [-0.2, -0.15) is 4.37 Å². The van der Waals surface area contributed by atoms with Crippen LogP contribution in [0.15, 0.2) is 31.0 Å². The molecule has 5 heteroatoms. The monoisotopic (exact) mass is 249 g/mol. The zero-order chi connectivity index (χ0) is 12.1. The second kappa shape index (κ2) is 5.63. The SMILES string of the molecule is C=CCCOc1nsnc1C1=CC=CN(C)C1. The van der Waals surface area contributed by atoms with Crippen LogP contribution in [0.5, 0.6) is 5.88 Å². The highest BCUT2D eigenvalue weighted by molar-refractivity contribution is 6.99. The van der Waals surface area contributed by atoms with Crippen LogP contribution in [0.2, 0.25) is 0 Å². The summed E-state index contributed by atoms with van der Waals surface area (Å²) < 4.78 is 14.1. The number of nitrogens with zero attached hydrogens (tertiary/aromatic N) is 3. The molecule has 0 spiro atoms. The van der Waals surface area contributed by atoms with Gasteiger partial charge in [0.2, 0.25) is 0 Å². The van der Waals surface area contributed by atoms with E-state index in [9.17, 15) is 0 Å². The molecule has 17 heavy (non-hydrogen) atoms. The molecule has 2 heterocycles. The average Bonchev–Trinajstić information content (AvgIpc) is 2.78. The highest BCUT2D eigenvalue weighted by atomic mass is 32.1. The summed E-state index contributed by atoms with van der Waals surface area (Å²) >= 11 is 1.18. The zero-order valence-electron chi connectivity index (χ0n) is 9.80. The van der Waals surface area contributed by atoms with E-state index >= 15 is 0 Å². The predicted octanol–water partition coefficient (Wildman–Crippen LogP) is 2.34. The van der Waals surface area contributed by atoms with Gasteiger partial charge in [0.05, 0.1) is 18.3 Å². The molecule has 0 fully saturated rings. The Morgan fingerprint density at radius 2 is 2.47 bits per heavy atom. The lowest BCUT2D eigenvalue weighted by molar-refractivity contribution is 0.314. The summed E-state index contributed by atoms with van der Waals surface area (Å²) in [6.07, 6.45) is 8.73. The third kappa shape index (κ3) is 2.94. The van der Waals surface area contributed by atoms with E-state index in [1.807, 2.05) is 25.4 Å². The predicted molar refractivity (Wildman–Crippen MR) is 70.0 cm³/mol. The van der Waals surface area contributed by atoms with Gasteiger partial charge in [0.25, 0.3) is 5.88 Å². The summed E-state index contributed by atoms with van der Waals surface area (Å²) in [5, 5.41) is 0. The fourth-order valence-corrected chi connectivity index (χ4v) is 2.08. The summed E-state index contributed by atoms with van der Waals surface area (Å²) in [6, 6.07) is 0. The Morgan fingerprint density at radius 3 is 3.24 bits per heavy atom. The molecule has 1 aliphatic rings. The highest BCUT2D eigenvalue weighted by Gasteiger charge is 2.16. The van der Waals surface area contributed by atoms with Crippen LogP contribution in [-0.2, 0) is 0 Å². The normalized spacial score (nSPS) is 14.6. The van der Waals surface area contributed by atoms with Gasteiger partial charge in [0.1, 0.15) is 5.69 Å². The quantitative estimate of drug-likeness (QED) is 0.593. The molecule has 0 radical (unpaired) electrons. The molecule has 0 N–H and O–H groups in total. The first kappa shape index (κ1) is 11.9. The average molecular weight is 249 g/mol. The fourth-order valence-electron chi connectivity index (χ4n) is 1.54. The van der Waals surface area contributed by atoms with E-state index in [0.29, 0.717) is 12.5 Å². The lowest BCUT2D eigenvalue weighted by Crippen LogP contribution is -2.16. The Balaban J connectivity index is 2.10. The molecular weight excluding hydrogens is 234 g/mol. The third-order valence-electron chi connectivity index (χ3n) is 2.38. The fraction of sp³-hybridized carbons (Fsp3) is 0.333. The topological polar surface area (TPSA) is 38.3 Å². The standard InChI is InChI=1S/C12H15N3OS/c1-3-4-8-16-12-11(13-17-14-12)10-6-5-7-15(2)9-10/h3,5-7H,1,4,8-9H2,2H3. The second-order valence-corrected chi connectivity index (χ2v) is 4.32. The number of hydrogen-bond acceptors (Lipinski definition) is 5. The van der Waals surface area contributed by atoms with Crippen LogP contribution in [0.3, 0.4) is 0 Å². The van der Waals surface area contributed by atoms with E-state index < -0.39 is 0 Å². The van der Waals surface area contributed by atoms with Crippen molar-refractivity contribution in [3.8, 4) is 5.88 Å². The zero-order valence-corrected chi connectivity index (χ0v) is 10.6. The van der Waals surface area contributed by atoms with Crippen molar-refractivity contribution < 1.29 is 4.74 Å². The van der Waals surface area contributed by atoms with Crippen molar-refractivity contribution in [1.29, 1.82) is 0 Å². The molecule has 0 bridgehead atoms. The molecule has 0 saturated heterocycles. The van der Waals surface area contributed by atoms with E-state index in [1.54, 1.807) is 0 Å². The van der Waals surface area contributed by atoms with Crippen molar-refractivity contribution in [1.82, 2.24) is 13.6 Å². The van der Waals surface area contributed by atoms with Crippen LogP contribution < -0.4 is 4.74 Å². The molecule has 1 aromatic rings. The molecule has 90 valence electrons. The van der Waals surface area contributed by atoms with Gasteiger partial charge in [-0.05, 0) is 18.7 Å².